The molecule has 230 valence electrons. The van der Waals surface area contributed by atoms with Gasteiger partial charge in [-0.1, -0.05) is 62.2 Å². The minimum Gasteiger partial charge on any atom is -0.495 e. The second kappa shape index (κ2) is 12.8. The Kier molecular flexibility index (Phi) is 9.71. The Morgan fingerprint density at radius 1 is 1.07 bits per heavy atom. The van der Waals surface area contributed by atoms with Crippen molar-refractivity contribution in [1.82, 2.24) is 5.32 Å². The van der Waals surface area contributed by atoms with Gasteiger partial charge in [-0.15, -0.1) is 0 Å². The van der Waals surface area contributed by atoms with Gasteiger partial charge in [0, 0.05) is 28.9 Å². The predicted molar refractivity (Wildman–Crippen MR) is 164 cm³/mol. The molecule has 0 aliphatic carbocycles. The van der Waals surface area contributed by atoms with Gasteiger partial charge in [0.1, 0.15) is 17.4 Å². The standard InChI is InChI=1S/C32H35Cl2F2N3O4/c1-31(2,3)15-25-32(16-37,20-11-10-18(33)14-22(20)35)26(19-7-6-8-21(34)27(19)36)28(39-25)29(40)38-23-12-9-17(30(41)43-5)13-24(23)42-4/h6-14,25-26,28,39H,15-16,37H2,1-5H3,(H,38,40)/t25?,26-,28+,32-/m0/s1. The van der Waals surface area contributed by atoms with Gasteiger partial charge in [0.15, 0.2) is 0 Å². The van der Waals surface area contributed by atoms with E-state index in [0.29, 0.717) is 6.42 Å². The summed E-state index contributed by atoms with van der Waals surface area (Å²) in [4.78, 5) is 26.2. The maximum atomic E-state index is 15.9. The summed E-state index contributed by atoms with van der Waals surface area (Å²) >= 11 is 12.4. The van der Waals surface area contributed by atoms with E-state index < -0.39 is 46.9 Å². The number of methoxy groups -OCH3 is 2. The van der Waals surface area contributed by atoms with E-state index in [-0.39, 0.29) is 50.1 Å². The molecule has 1 heterocycles. The molecule has 3 aromatic rings. The van der Waals surface area contributed by atoms with Gasteiger partial charge in [0.25, 0.3) is 0 Å². The van der Waals surface area contributed by atoms with Crippen molar-refractivity contribution in [3.8, 4) is 5.75 Å². The van der Waals surface area contributed by atoms with Gasteiger partial charge in [-0.05, 0) is 59.4 Å². The third kappa shape index (κ3) is 6.36. The van der Waals surface area contributed by atoms with Gasteiger partial charge in [-0.25, -0.2) is 13.6 Å². The highest BCUT2D eigenvalue weighted by Gasteiger charge is 2.59. The smallest absolute Gasteiger partial charge is 0.337 e. The molecule has 0 aromatic heterocycles. The number of hydrogen-bond donors (Lipinski definition) is 3. The Hall–Kier alpha value is -3.24. The molecule has 43 heavy (non-hydrogen) atoms. The van der Waals surface area contributed by atoms with Gasteiger partial charge in [0.2, 0.25) is 5.91 Å². The van der Waals surface area contributed by atoms with Crippen molar-refractivity contribution in [1.29, 1.82) is 0 Å². The van der Waals surface area contributed by atoms with Crippen LogP contribution in [0.15, 0.2) is 54.6 Å². The zero-order valence-corrected chi connectivity index (χ0v) is 26.1. The zero-order chi connectivity index (χ0) is 31.7. The molecule has 4 rings (SSSR count). The van der Waals surface area contributed by atoms with Crippen molar-refractivity contribution in [3.05, 3.63) is 93.0 Å². The molecule has 1 unspecified atom stereocenters. The van der Waals surface area contributed by atoms with E-state index in [4.69, 9.17) is 38.4 Å². The predicted octanol–water partition coefficient (Wildman–Crippen LogP) is 6.46. The summed E-state index contributed by atoms with van der Waals surface area (Å²) in [7, 11) is 2.65. The van der Waals surface area contributed by atoms with Crippen LogP contribution in [0.1, 0.15) is 54.6 Å². The molecule has 0 bridgehead atoms. The molecule has 0 radical (unpaired) electrons. The van der Waals surface area contributed by atoms with Crippen LogP contribution < -0.4 is 21.1 Å². The number of carbonyl (C=O) groups excluding carboxylic acids is 2. The van der Waals surface area contributed by atoms with Crippen LogP contribution in [0.4, 0.5) is 14.5 Å². The second-order valence-electron chi connectivity index (χ2n) is 11.8. The first-order valence-electron chi connectivity index (χ1n) is 13.7. The van der Waals surface area contributed by atoms with Gasteiger partial charge in [-0.3, -0.25) is 4.79 Å². The van der Waals surface area contributed by atoms with E-state index in [1.807, 2.05) is 20.8 Å². The SMILES string of the molecule is COC(=O)c1ccc(NC(=O)[C@@H]2NC(CC(C)(C)C)[C@](CN)(c3ccc(Cl)cc3F)[C@H]2c2cccc(Cl)c2F)c(OC)c1. The largest absolute Gasteiger partial charge is 0.495 e. The van der Waals surface area contributed by atoms with E-state index in [1.54, 1.807) is 18.2 Å². The van der Waals surface area contributed by atoms with Crippen molar-refractivity contribution in [3.63, 3.8) is 0 Å². The molecule has 11 heteroatoms. The quantitative estimate of drug-likeness (QED) is 0.246. The average Bonchev–Trinajstić information content (AvgIpc) is 3.27. The van der Waals surface area contributed by atoms with Crippen LogP contribution in [0.3, 0.4) is 0 Å². The Balaban J connectivity index is 1.92. The number of hydrogen-bond acceptors (Lipinski definition) is 6. The fourth-order valence-corrected chi connectivity index (χ4v) is 6.47. The van der Waals surface area contributed by atoms with Crippen molar-refractivity contribution >= 4 is 40.8 Å². The second-order valence-corrected chi connectivity index (χ2v) is 12.7. The molecule has 0 spiro atoms. The van der Waals surface area contributed by atoms with E-state index in [9.17, 15) is 9.59 Å². The first kappa shape index (κ1) is 32.7. The van der Waals surface area contributed by atoms with Crippen molar-refractivity contribution < 1.29 is 27.8 Å². The summed E-state index contributed by atoms with van der Waals surface area (Å²) in [6.45, 7) is 5.93. The molecule has 1 fully saturated rings. The molecule has 1 aliphatic rings. The van der Waals surface area contributed by atoms with Crippen molar-refractivity contribution in [2.45, 2.75) is 50.6 Å². The van der Waals surface area contributed by atoms with Gasteiger partial charge in [-0.2, -0.15) is 0 Å². The van der Waals surface area contributed by atoms with Crippen molar-refractivity contribution in [2.24, 2.45) is 11.1 Å². The summed E-state index contributed by atoms with van der Waals surface area (Å²) < 4.78 is 42.0. The van der Waals surface area contributed by atoms with Gasteiger partial charge < -0.3 is 25.8 Å². The van der Waals surface area contributed by atoms with Crippen LogP contribution in [0.25, 0.3) is 0 Å². The number of ether oxygens (including phenoxy) is 2. The zero-order valence-electron chi connectivity index (χ0n) is 24.6. The Bertz CT molecular complexity index is 1530. The lowest BCUT2D eigenvalue weighted by Crippen LogP contribution is -2.50. The number of carbonyl (C=O) groups is 2. The number of esters is 1. The monoisotopic (exact) mass is 633 g/mol. The summed E-state index contributed by atoms with van der Waals surface area (Å²) in [5, 5.41) is 6.31. The Morgan fingerprint density at radius 2 is 1.79 bits per heavy atom. The van der Waals surface area contributed by atoms with E-state index in [0.717, 1.165) is 0 Å². The highest BCUT2D eigenvalue weighted by Crippen LogP contribution is 2.52. The van der Waals surface area contributed by atoms with Gasteiger partial charge >= 0.3 is 5.97 Å². The number of benzene rings is 3. The third-order valence-corrected chi connectivity index (χ3v) is 8.48. The summed E-state index contributed by atoms with van der Waals surface area (Å²) in [6, 6.07) is 11.6. The Labute approximate surface area is 260 Å². The summed E-state index contributed by atoms with van der Waals surface area (Å²) in [5.41, 5.74) is 5.78. The third-order valence-electron chi connectivity index (χ3n) is 7.96. The number of nitrogens with two attached hydrogens (primary N) is 1. The molecular formula is C32H35Cl2F2N3O4. The molecule has 4 atom stereocenters. The topological polar surface area (TPSA) is 103 Å². The molecular weight excluding hydrogens is 599 g/mol. The average molecular weight is 635 g/mol. The van der Waals surface area contributed by atoms with Crippen LogP contribution in [0.5, 0.6) is 5.75 Å². The fraction of sp³-hybridized carbons (Fsp3) is 0.375. The molecule has 0 saturated carbocycles. The molecule has 1 amide bonds. The van der Waals surface area contributed by atoms with Crippen LogP contribution >= 0.6 is 23.2 Å². The van der Waals surface area contributed by atoms with Crippen LogP contribution in [-0.4, -0.2) is 44.7 Å². The first-order chi connectivity index (χ1) is 20.3. The van der Waals surface area contributed by atoms with E-state index in [2.05, 4.69) is 10.6 Å². The molecule has 1 aliphatic heterocycles. The number of rotatable bonds is 8. The summed E-state index contributed by atoms with van der Waals surface area (Å²) in [5.74, 6) is -3.26. The first-order valence-corrected chi connectivity index (χ1v) is 14.5. The minimum absolute atomic E-state index is 0.115. The maximum absolute atomic E-state index is 15.9. The number of anilines is 1. The maximum Gasteiger partial charge on any atom is 0.337 e. The van der Waals surface area contributed by atoms with Crippen LogP contribution in [0.2, 0.25) is 10.0 Å². The van der Waals surface area contributed by atoms with Crippen molar-refractivity contribution in [2.75, 3.05) is 26.1 Å². The van der Waals surface area contributed by atoms with Gasteiger partial charge in [0.05, 0.1) is 36.5 Å². The van der Waals surface area contributed by atoms with Crippen LogP contribution in [0, 0.1) is 17.0 Å². The minimum atomic E-state index is -1.30. The lowest BCUT2D eigenvalue weighted by Gasteiger charge is -2.42. The van der Waals surface area contributed by atoms with E-state index >= 15 is 8.78 Å². The van der Waals surface area contributed by atoms with Crippen LogP contribution in [-0.2, 0) is 14.9 Å². The van der Waals surface area contributed by atoms with E-state index in [1.165, 1.54) is 50.6 Å². The highest BCUT2D eigenvalue weighted by molar-refractivity contribution is 6.31. The highest BCUT2D eigenvalue weighted by atomic mass is 35.5. The lowest BCUT2D eigenvalue weighted by atomic mass is 9.62. The molecule has 4 N–H and O–H groups in total. The normalized spacial score (nSPS) is 21.9. The molecule has 1 saturated heterocycles. The number of amides is 1. The number of halogens is 4. The fourth-order valence-electron chi connectivity index (χ4n) is 6.13. The summed E-state index contributed by atoms with van der Waals surface area (Å²) in [6.07, 6.45) is 0.464. The lowest BCUT2D eigenvalue weighted by molar-refractivity contribution is -0.118. The molecule has 3 aromatic carbocycles. The number of nitrogens with one attached hydrogen (secondary N) is 2. The Morgan fingerprint density at radius 3 is 2.40 bits per heavy atom. The molecule has 7 nitrogen and oxygen atoms in total.